The number of amides is 1. The quantitative estimate of drug-likeness (QED) is 0.713. The summed E-state index contributed by atoms with van der Waals surface area (Å²) in [5.41, 5.74) is 0.745. The lowest BCUT2D eigenvalue weighted by Gasteiger charge is -2.24. The number of carbonyl (C=O) groups is 2. The minimum atomic E-state index is -3.66. The highest BCUT2D eigenvalue weighted by atomic mass is 32.2. The van der Waals surface area contributed by atoms with E-state index in [4.69, 9.17) is 4.74 Å². The molecule has 1 amide bonds. The van der Waals surface area contributed by atoms with Crippen molar-refractivity contribution < 1.29 is 22.7 Å². The zero-order valence-electron chi connectivity index (χ0n) is 16.2. The highest BCUT2D eigenvalue weighted by molar-refractivity contribution is 7.89. The van der Waals surface area contributed by atoms with Crippen LogP contribution in [0.1, 0.15) is 48.0 Å². The summed E-state index contributed by atoms with van der Waals surface area (Å²) >= 11 is 0. The van der Waals surface area contributed by atoms with E-state index < -0.39 is 16.0 Å². The van der Waals surface area contributed by atoms with Crippen molar-refractivity contribution in [3.05, 3.63) is 29.3 Å². The monoisotopic (exact) mass is 396 g/mol. The normalized spacial score (nSPS) is 15.9. The molecular weight excluding hydrogens is 368 g/mol. The number of hydrogen-bond acceptors (Lipinski definition) is 5. The summed E-state index contributed by atoms with van der Waals surface area (Å²) in [4.78, 5) is 26.5. The van der Waals surface area contributed by atoms with Crippen LogP contribution < -0.4 is 0 Å². The average Bonchev–Trinajstić information content (AvgIpc) is 2.59. The number of carbonyl (C=O) groups excluding carboxylic acids is 2. The fourth-order valence-electron chi connectivity index (χ4n) is 2.99. The van der Waals surface area contributed by atoms with Crippen molar-refractivity contribution in [2.45, 2.75) is 43.9 Å². The first-order valence-corrected chi connectivity index (χ1v) is 10.7. The zero-order valence-corrected chi connectivity index (χ0v) is 17.0. The van der Waals surface area contributed by atoms with Crippen LogP contribution in [0.15, 0.2) is 23.1 Å². The van der Waals surface area contributed by atoms with Crippen LogP contribution in [0.25, 0.3) is 0 Å². The van der Waals surface area contributed by atoms with E-state index in [-0.39, 0.29) is 23.0 Å². The van der Waals surface area contributed by atoms with E-state index in [0.717, 1.165) is 30.0 Å². The summed E-state index contributed by atoms with van der Waals surface area (Å²) in [6, 6.07) is 4.31. The van der Waals surface area contributed by atoms with Crippen molar-refractivity contribution in [1.82, 2.24) is 9.21 Å². The first-order valence-electron chi connectivity index (χ1n) is 9.21. The maximum absolute atomic E-state index is 12.4. The van der Waals surface area contributed by atoms with Gasteiger partial charge in [-0.15, -0.1) is 0 Å². The first kappa shape index (κ1) is 21.4. The molecule has 1 aliphatic heterocycles. The van der Waals surface area contributed by atoms with Gasteiger partial charge in [0.25, 0.3) is 5.91 Å². The Morgan fingerprint density at radius 1 is 1.07 bits per heavy atom. The number of ether oxygens (including phenoxy) is 1. The number of hydrogen-bond donors (Lipinski definition) is 0. The van der Waals surface area contributed by atoms with Crippen molar-refractivity contribution in [2.75, 3.05) is 33.8 Å². The van der Waals surface area contributed by atoms with Gasteiger partial charge in [0.1, 0.15) is 0 Å². The molecule has 8 heteroatoms. The van der Waals surface area contributed by atoms with Crippen molar-refractivity contribution in [3.8, 4) is 0 Å². The van der Waals surface area contributed by atoms with Crippen LogP contribution in [0.3, 0.4) is 0 Å². The molecule has 0 radical (unpaired) electrons. The van der Waals surface area contributed by atoms with Gasteiger partial charge in [-0.1, -0.05) is 25.3 Å². The predicted molar refractivity (Wildman–Crippen MR) is 102 cm³/mol. The van der Waals surface area contributed by atoms with E-state index in [2.05, 4.69) is 0 Å². The van der Waals surface area contributed by atoms with Crippen molar-refractivity contribution in [1.29, 1.82) is 0 Å². The Hall–Kier alpha value is -1.93. The van der Waals surface area contributed by atoms with E-state index in [1.54, 1.807) is 17.9 Å². The molecule has 0 saturated carbocycles. The molecule has 1 aromatic rings. The molecule has 1 heterocycles. The fraction of sp³-hybridized carbons (Fsp3) is 0.579. The van der Waals surface area contributed by atoms with E-state index >= 15 is 0 Å². The number of nitrogens with zero attached hydrogens (tertiary/aromatic N) is 2. The number of sulfonamides is 1. The third kappa shape index (κ3) is 5.52. The van der Waals surface area contributed by atoms with Crippen LogP contribution in [0.5, 0.6) is 0 Å². The van der Waals surface area contributed by atoms with Gasteiger partial charge in [0, 0.05) is 27.2 Å². The Morgan fingerprint density at radius 2 is 1.67 bits per heavy atom. The second kappa shape index (κ2) is 9.32. The molecule has 0 spiro atoms. The molecule has 0 unspecified atom stereocenters. The number of rotatable bonds is 5. The second-order valence-electron chi connectivity index (χ2n) is 6.99. The SMILES string of the molecule is Cc1ccc(S(=O)(=O)N(C)C)cc1C(=O)OCC(=O)N1CCCCCCC1. The Bertz CT molecular complexity index is 781. The van der Waals surface area contributed by atoms with Gasteiger partial charge in [-0.05, 0) is 37.5 Å². The van der Waals surface area contributed by atoms with Gasteiger partial charge in [-0.2, -0.15) is 0 Å². The molecule has 2 rings (SSSR count). The van der Waals surface area contributed by atoms with Crippen molar-refractivity contribution >= 4 is 21.9 Å². The first-order chi connectivity index (χ1) is 12.7. The summed E-state index contributed by atoms with van der Waals surface area (Å²) in [5.74, 6) is -0.899. The molecule has 0 N–H and O–H groups in total. The van der Waals surface area contributed by atoms with Crippen LogP contribution >= 0.6 is 0 Å². The lowest BCUT2D eigenvalue weighted by Crippen LogP contribution is -2.37. The van der Waals surface area contributed by atoms with Crippen LogP contribution in [-0.2, 0) is 19.6 Å². The third-order valence-electron chi connectivity index (χ3n) is 4.74. The van der Waals surface area contributed by atoms with Crippen LogP contribution in [0.2, 0.25) is 0 Å². The topological polar surface area (TPSA) is 84.0 Å². The maximum Gasteiger partial charge on any atom is 0.338 e. The Balaban J connectivity index is 2.06. The Kier molecular flexibility index (Phi) is 7.38. The molecular formula is C19H28N2O5S. The van der Waals surface area contributed by atoms with E-state index in [9.17, 15) is 18.0 Å². The molecule has 7 nitrogen and oxygen atoms in total. The molecule has 0 atom stereocenters. The van der Waals surface area contributed by atoms with Crippen LogP contribution in [-0.4, -0.2) is 63.3 Å². The van der Waals surface area contributed by atoms with Gasteiger partial charge in [0.15, 0.2) is 6.61 Å². The molecule has 150 valence electrons. The highest BCUT2D eigenvalue weighted by Gasteiger charge is 2.22. The number of likely N-dealkylation sites (tertiary alicyclic amines) is 1. The minimum absolute atomic E-state index is 0.0140. The fourth-order valence-corrected chi connectivity index (χ4v) is 3.91. The van der Waals surface area contributed by atoms with E-state index in [1.165, 1.54) is 32.6 Å². The van der Waals surface area contributed by atoms with Crippen molar-refractivity contribution in [3.63, 3.8) is 0 Å². The number of esters is 1. The standard InChI is InChI=1S/C19H28N2O5S/c1-15-9-10-16(27(24,25)20(2)3)13-17(15)19(23)26-14-18(22)21-11-7-5-4-6-8-12-21/h9-10,13H,4-8,11-12,14H2,1-3H3. The largest absolute Gasteiger partial charge is 0.452 e. The summed E-state index contributed by atoms with van der Waals surface area (Å²) in [6.45, 7) is 2.74. The molecule has 1 fully saturated rings. The minimum Gasteiger partial charge on any atom is -0.452 e. The zero-order chi connectivity index (χ0) is 20.0. The van der Waals surface area contributed by atoms with Gasteiger partial charge in [0.05, 0.1) is 10.5 Å². The predicted octanol–water partition coefficient (Wildman–Crippen LogP) is 2.19. The van der Waals surface area contributed by atoms with Crippen LogP contribution in [0.4, 0.5) is 0 Å². The summed E-state index contributed by atoms with van der Waals surface area (Å²) in [7, 11) is -0.803. The van der Waals surface area contributed by atoms with Gasteiger partial charge < -0.3 is 9.64 Å². The molecule has 0 bridgehead atoms. The Labute approximate surface area is 161 Å². The second-order valence-corrected chi connectivity index (χ2v) is 9.14. The highest BCUT2D eigenvalue weighted by Crippen LogP contribution is 2.19. The van der Waals surface area contributed by atoms with E-state index in [1.807, 2.05) is 0 Å². The van der Waals surface area contributed by atoms with Gasteiger partial charge in [0.2, 0.25) is 10.0 Å². The number of aryl methyl sites for hydroxylation is 1. The molecule has 1 aliphatic rings. The average molecular weight is 397 g/mol. The van der Waals surface area contributed by atoms with Gasteiger partial charge in [-0.3, -0.25) is 4.79 Å². The summed E-state index contributed by atoms with van der Waals surface area (Å²) in [5, 5.41) is 0. The number of benzene rings is 1. The van der Waals surface area contributed by atoms with Crippen LogP contribution in [0, 0.1) is 6.92 Å². The molecule has 1 aromatic carbocycles. The van der Waals surface area contributed by atoms with Gasteiger partial charge >= 0.3 is 5.97 Å². The third-order valence-corrected chi connectivity index (χ3v) is 6.55. The summed E-state index contributed by atoms with van der Waals surface area (Å²) in [6.07, 6.45) is 5.33. The molecule has 1 saturated heterocycles. The molecule has 0 aromatic heterocycles. The molecule has 27 heavy (non-hydrogen) atoms. The lowest BCUT2D eigenvalue weighted by atomic mass is 10.1. The van der Waals surface area contributed by atoms with Gasteiger partial charge in [-0.25, -0.2) is 17.5 Å². The lowest BCUT2D eigenvalue weighted by molar-refractivity contribution is -0.134. The summed E-state index contributed by atoms with van der Waals surface area (Å²) < 4.78 is 30.8. The molecule has 0 aliphatic carbocycles. The van der Waals surface area contributed by atoms with Crippen molar-refractivity contribution in [2.24, 2.45) is 0 Å². The maximum atomic E-state index is 12.4. The Morgan fingerprint density at radius 3 is 2.26 bits per heavy atom. The van der Waals surface area contributed by atoms with E-state index in [0.29, 0.717) is 18.7 Å². The smallest absolute Gasteiger partial charge is 0.338 e.